The molecule has 0 fully saturated rings. The second-order valence-corrected chi connectivity index (χ2v) is 8.38. The number of rotatable bonds is 7. The normalized spacial score (nSPS) is 10.8. The minimum absolute atomic E-state index is 0.0125. The van der Waals surface area contributed by atoms with Gasteiger partial charge in [0.05, 0.1) is 28.1 Å². The Morgan fingerprint density at radius 1 is 1.09 bits per heavy atom. The highest BCUT2D eigenvalue weighted by atomic mass is 32.2. The van der Waals surface area contributed by atoms with E-state index in [-0.39, 0.29) is 22.9 Å². The first-order valence-electron chi connectivity index (χ1n) is 10.1. The van der Waals surface area contributed by atoms with Gasteiger partial charge in [0, 0.05) is 17.8 Å². The fraction of sp³-hybridized carbons (Fsp3) is 0.125. The number of hydrogen-bond acceptors (Lipinski definition) is 6. The number of hydrogen-bond donors (Lipinski definition) is 1. The zero-order valence-corrected chi connectivity index (χ0v) is 18.5. The van der Waals surface area contributed by atoms with Crippen molar-refractivity contribution in [2.45, 2.75) is 18.6 Å². The van der Waals surface area contributed by atoms with Crippen LogP contribution in [0, 0.1) is 17.0 Å². The number of thioether (sulfide) groups is 1. The predicted molar refractivity (Wildman–Crippen MR) is 129 cm³/mol. The first-order valence-corrected chi connectivity index (χ1v) is 11.1. The van der Waals surface area contributed by atoms with Crippen LogP contribution in [0.4, 0.5) is 11.4 Å². The van der Waals surface area contributed by atoms with Crippen molar-refractivity contribution in [3.05, 3.63) is 104 Å². The van der Waals surface area contributed by atoms with E-state index in [1.54, 1.807) is 28.8 Å². The predicted octanol–water partition coefficient (Wildman–Crippen LogP) is 4.39. The number of nitro benzene ring substituents is 1. The zero-order chi connectivity index (χ0) is 23.4. The molecule has 33 heavy (non-hydrogen) atoms. The highest BCUT2D eigenvalue weighted by Gasteiger charge is 2.14. The van der Waals surface area contributed by atoms with Crippen LogP contribution in [0.25, 0.3) is 10.9 Å². The van der Waals surface area contributed by atoms with Crippen molar-refractivity contribution < 1.29 is 9.72 Å². The van der Waals surface area contributed by atoms with Crippen LogP contribution in [-0.4, -0.2) is 26.1 Å². The number of carbonyl (C=O) groups excluding carboxylic acids is 1. The van der Waals surface area contributed by atoms with E-state index < -0.39 is 4.92 Å². The van der Waals surface area contributed by atoms with E-state index in [1.165, 1.54) is 18.2 Å². The number of aromatic nitrogens is 2. The summed E-state index contributed by atoms with van der Waals surface area (Å²) in [6, 6.07) is 20.7. The third-order valence-electron chi connectivity index (χ3n) is 4.96. The van der Waals surface area contributed by atoms with Crippen LogP contribution in [0.1, 0.15) is 11.1 Å². The van der Waals surface area contributed by atoms with Gasteiger partial charge in [-0.15, -0.1) is 0 Å². The molecule has 9 heteroatoms. The van der Waals surface area contributed by atoms with Crippen LogP contribution >= 0.6 is 11.8 Å². The maximum Gasteiger partial charge on any atom is 0.271 e. The SMILES string of the molecule is Cc1ccc(Cn2c(SCC(=O)Nc3cccc([N+](=O)[O-])c3)nc3ccccc3c2=O)cc1. The Morgan fingerprint density at radius 2 is 1.85 bits per heavy atom. The molecule has 0 bridgehead atoms. The molecule has 0 aliphatic heterocycles. The average Bonchev–Trinajstić information content (AvgIpc) is 2.81. The maximum atomic E-state index is 13.2. The second kappa shape index (κ2) is 9.66. The fourth-order valence-corrected chi connectivity index (χ4v) is 4.10. The first-order chi connectivity index (χ1) is 15.9. The van der Waals surface area contributed by atoms with Gasteiger partial charge in [0.2, 0.25) is 5.91 Å². The summed E-state index contributed by atoms with van der Waals surface area (Å²) in [5, 5.41) is 14.5. The Kier molecular flexibility index (Phi) is 6.50. The number of amides is 1. The van der Waals surface area contributed by atoms with Crippen LogP contribution in [0.3, 0.4) is 0 Å². The number of aryl methyl sites for hydroxylation is 1. The largest absolute Gasteiger partial charge is 0.325 e. The monoisotopic (exact) mass is 460 g/mol. The molecule has 0 radical (unpaired) electrons. The Morgan fingerprint density at radius 3 is 2.61 bits per heavy atom. The van der Waals surface area contributed by atoms with Crippen molar-refractivity contribution in [2.24, 2.45) is 0 Å². The first kappa shape index (κ1) is 22.2. The zero-order valence-electron chi connectivity index (χ0n) is 17.7. The summed E-state index contributed by atoms with van der Waals surface area (Å²) in [6.07, 6.45) is 0. The molecule has 3 aromatic carbocycles. The summed E-state index contributed by atoms with van der Waals surface area (Å²) in [6.45, 7) is 2.32. The van der Waals surface area contributed by atoms with Gasteiger partial charge >= 0.3 is 0 Å². The minimum atomic E-state index is -0.521. The Labute approximate surface area is 193 Å². The summed E-state index contributed by atoms with van der Waals surface area (Å²) < 4.78 is 1.57. The molecular formula is C24H20N4O4S. The molecule has 0 unspecified atom stereocenters. The highest BCUT2D eigenvalue weighted by Crippen LogP contribution is 2.21. The van der Waals surface area contributed by atoms with Gasteiger partial charge in [0.25, 0.3) is 11.2 Å². The molecule has 0 saturated heterocycles. The van der Waals surface area contributed by atoms with Gasteiger partial charge in [0.15, 0.2) is 5.16 Å². The number of carbonyl (C=O) groups is 1. The molecule has 0 spiro atoms. The molecule has 8 nitrogen and oxygen atoms in total. The molecule has 4 aromatic rings. The number of anilines is 1. The Balaban J connectivity index is 1.59. The van der Waals surface area contributed by atoms with Crippen LogP contribution in [0.5, 0.6) is 0 Å². The number of nitrogens with zero attached hydrogens (tertiary/aromatic N) is 3. The summed E-state index contributed by atoms with van der Waals surface area (Å²) in [5.41, 5.74) is 2.67. The smallest absolute Gasteiger partial charge is 0.271 e. The van der Waals surface area contributed by atoms with E-state index >= 15 is 0 Å². The standard InChI is InChI=1S/C24H20N4O4S/c1-16-9-11-17(12-10-16)14-27-23(30)20-7-2-3-8-21(20)26-24(27)33-15-22(29)25-18-5-4-6-19(13-18)28(31)32/h2-13H,14-15H2,1H3,(H,25,29). The molecule has 0 aliphatic carbocycles. The summed E-state index contributed by atoms with van der Waals surface area (Å²) >= 11 is 1.14. The molecule has 1 N–H and O–H groups in total. The highest BCUT2D eigenvalue weighted by molar-refractivity contribution is 7.99. The average molecular weight is 461 g/mol. The van der Waals surface area contributed by atoms with Crippen LogP contribution in [0.15, 0.2) is 82.7 Å². The Hall–Kier alpha value is -3.98. The number of non-ortho nitro benzene ring substituents is 1. The van der Waals surface area contributed by atoms with E-state index in [9.17, 15) is 19.7 Å². The van der Waals surface area contributed by atoms with Crippen LogP contribution in [0.2, 0.25) is 0 Å². The molecule has 0 aliphatic rings. The fourth-order valence-electron chi connectivity index (χ4n) is 3.30. The van der Waals surface area contributed by atoms with Gasteiger partial charge < -0.3 is 5.32 Å². The van der Waals surface area contributed by atoms with Gasteiger partial charge in [-0.2, -0.15) is 0 Å². The lowest BCUT2D eigenvalue weighted by atomic mass is 10.1. The summed E-state index contributed by atoms with van der Waals surface area (Å²) in [5.74, 6) is -0.369. The molecule has 0 atom stereocenters. The number of nitro groups is 1. The van der Waals surface area contributed by atoms with Crippen molar-refractivity contribution in [2.75, 3.05) is 11.1 Å². The lowest BCUT2D eigenvalue weighted by Gasteiger charge is -2.13. The van der Waals surface area contributed by atoms with Gasteiger partial charge in [-0.1, -0.05) is 59.8 Å². The molecule has 166 valence electrons. The quantitative estimate of drug-likeness (QED) is 0.190. The lowest BCUT2D eigenvalue weighted by molar-refractivity contribution is -0.384. The molecular weight excluding hydrogens is 440 g/mol. The number of fused-ring (bicyclic) bond motifs is 1. The van der Waals surface area contributed by atoms with Crippen LogP contribution in [-0.2, 0) is 11.3 Å². The van der Waals surface area contributed by atoms with E-state index in [0.717, 1.165) is 22.9 Å². The molecule has 4 rings (SSSR count). The van der Waals surface area contributed by atoms with Crippen molar-refractivity contribution >= 4 is 39.9 Å². The van der Waals surface area contributed by atoms with E-state index in [2.05, 4.69) is 10.3 Å². The van der Waals surface area contributed by atoms with E-state index in [4.69, 9.17) is 0 Å². The molecule has 1 aromatic heterocycles. The van der Waals surface area contributed by atoms with E-state index in [0.29, 0.717) is 28.3 Å². The van der Waals surface area contributed by atoms with E-state index in [1.807, 2.05) is 37.3 Å². The summed E-state index contributed by atoms with van der Waals surface area (Å²) in [7, 11) is 0. The van der Waals surface area contributed by atoms with Gasteiger partial charge in [-0.05, 0) is 30.7 Å². The maximum absolute atomic E-state index is 13.2. The van der Waals surface area contributed by atoms with Gasteiger partial charge in [-0.3, -0.25) is 24.3 Å². The second-order valence-electron chi connectivity index (χ2n) is 7.43. The third kappa shape index (κ3) is 5.27. The minimum Gasteiger partial charge on any atom is -0.325 e. The van der Waals surface area contributed by atoms with Crippen molar-refractivity contribution in [3.63, 3.8) is 0 Å². The number of benzene rings is 3. The lowest BCUT2D eigenvalue weighted by Crippen LogP contribution is -2.25. The summed E-state index contributed by atoms with van der Waals surface area (Å²) in [4.78, 5) is 40.8. The topological polar surface area (TPSA) is 107 Å². The number of nitrogens with one attached hydrogen (secondary N) is 1. The number of para-hydroxylation sites is 1. The van der Waals surface area contributed by atoms with Crippen molar-refractivity contribution in [1.82, 2.24) is 9.55 Å². The van der Waals surface area contributed by atoms with Crippen molar-refractivity contribution in [1.29, 1.82) is 0 Å². The molecule has 1 heterocycles. The van der Waals surface area contributed by atoms with Crippen molar-refractivity contribution in [3.8, 4) is 0 Å². The van der Waals surface area contributed by atoms with Gasteiger partial charge in [0.1, 0.15) is 0 Å². The Bertz CT molecular complexity index is 1400. The third-order valence-corrected chi connectivity index (χ3v) is 5.94. The van der Waals surface area contributed by atoms with Crippen LogP contribution < -0.4 is 10.9 Å². The van der Waals surface area contributed by atoms with Gasteiger partial charge in [-0.25, -0.2) is 4.98 Å². The molecule has 1 amide bonds. The molecule has 0 saturated carbocycles.